The standard InChI is InChI=1S/C13H19Cl2N3O/c1-13(2,12(16)18-19)6-3-7-17-11-5-4-9(14)8-10(11)15/h4-5,8,17,19H,3,6-7H2,1-2H3,(H2,16,18). The molecular weight excluding hydrogens is 285 g/mol. The average Bonchev–Trinajstić information content (AvgIpc) is 2.35. The van der Waals surface area contributed by atoms with Gasteiger partial charge in [-0.2, -0.15) is 0 Å². The van der Waals surface area contributed by atoms with Gasteiger partial charge in [-0.25, -0.2) is 0 Å². The highest BCUT2D eigenvalue weighted by Gasteiger charge is 2.22. The van der Waals surface area contributed by atoms with Crippen molar-refractivity contribution >= 4 is 34.7 Å². The SMILES string of the molecule is CC(C)(CCCNc1ccc(Cl)cc1Cl)C(N)=NO. The van der Waals surface area contributed by atoms with Crippen molar-refractivity contribution in [2.45, 2.75) is 26.7 Å². The van der Waals surface area contributed by atoms with Crippen LogP contribution in [0, 0.1) is 5.41 Å². The summed E-state index contributed by atoms with van der Waals surface area (Å²) >= 11 is 11.9. The third-order valence-electron chi connectivity index (χ3n) is 3.03. The van der Waals surface area contributed by atoms with E-state index in [1.165, 1.54) is 0 Å². The van der Waals surface area contributed by atoms with Gasteiger partial charge in [0.15, 0.2) is 0 Å². The molecule has 0 unspecified atom stereocenters. The molecule has 1 aromatic carbocycles. The average molecular weight is 304 g/mol. The molecule has 0 amide bonds. The number of oxime groups is 1. The molecular formula is C13H19Cl2N3O. The molecule has 0 aromatic heterocycles. The van der Waals surface area contributed by atoms with Gasteiger partial charge < -0.3 is 16.3 Å². The smallest absolute Gasteiger partial charge is 0.144 e. The van der Waals surface area contributed by atoms with E-state index in [0.29, 0.717) is 10.0 Å². The molecule has 106 valence electrons. The lowest BCUT2D eigenvalue weighted by Crippen LogP contribution is -2.32. The summed E-state index contributed by atoms with van der Waals surface area (Å²) in [4.78, 5) is 0. The van der Waals surface area contributed by atoms with Crippen LogP contribution in [0.3, 0.4) is 0 Å². The summed E-state index contributed by atoms with van der Waals surface area (Å²) < 4.78 is 0. The molecule has 0 heterocycles. The van der Waals surface area contributed by atoms with Crippen molar-refractivity contribution in [2.75, 3.05) is 11.9 Å². The van der Waals surface area contributed by atoms with Crippen molar-refractivity contribution in [1.29, 1.82) is 0 Å². The predicted molar refractivity (Wildman–Crippen MR) is 81.4 cm³/mol. The monoisotopic (exact) mass is 303 g/mol. The highest BCUT2D eigenvalue weighted by Crippen LogP contribution is 2.26. The maximum Gasteiger partial charge on any atom is 0.144 e. The molecule has 0 saturated carbocycles. The second-order valence-corrected chi connectivity index (χ2v) is 5.87. The second kappa shape index (κ2) is 6.87. The third-order valence-corrected chi connectivity index (χ3v) is 3.57. The molecule has 0 bridgehead atoms. The number of nitrogens with zero attached hydrogens (tertiary/aromatic N) is 1. The summed E-state index contributed by atoms with van der Waals surface area (Å²) in [6.07, 6.45) is 1.68. The molecule has 4 nitrogen and oxygen atoms in total. The minimum atomic E-state index is -0.319. The number of hydrogen-bond acceptors (Lipinski definition) is 3. The van der Waals surface area contributed by atoms with E-state index in [2.05, 4.69) is 10.5 Å². The van der Waals surface area contributed by atoms with Crippen LogP contribution in [0.15, 0.2) is 23.4 Å². The van der Waals surface area contributed by atoms with Crippen LogP contribution < -0.4 is 11.1 Å². The van der Waals surface area contributed by atoms with E-state index in [9.17, 15) is 0 Å². The molecule has 6 heteroatoms. The quantitative estimate of drug-likeness (QED) is 0.245. The minimum Gasteiger partial charge on any atom is -0.409 e. The van der Waals surface area contributed by atoms with Crippen molar-refractivity contribution in [3.63, 3.8) is 0 Å². The molecule has 0 aliphatic rings. The largest absolute Gasteiger partial charge is 0.409 e. The number of amidine groups is 1. The van der Waals surface area contributed by atoms with Crippen LogP contribution in [0.4, 0.5) is 5.69 Å². The van der Waals surface area contributed by atoms with Gasteiger partial charge >= 0.3 is 0 Å². The Labute approximate surface area is 123 Å². The van der Waals surface area contributed by atoms with Gasteiger partial charge in [0.2, 0.25) is 0 Å². The van der Waals surface area contributed by atoms with E-state index < -0.39 is 0 Å². The number of benzene rings is 1. The molecule has 1 aromatic rings. The normalized spacial score (nSPS) is 12.5. The summed E-state index contributed by atoms with van der Waals surface area (Å²) in [5, 5.41) is 16.2. The fraction of sp³-hybridized carbons (Fsp3) is 0.462. The summed E-state index contributed by atoms with van der Waals surface area (Å²) in [5.74, 6) is 0.247. The number of halogens is 2. The molecule has 0 aliphatic carbocycles. The Kier molecular flexibility index (Phi) is 5.76. The molecule has 0 radical (unpaired) electrons. The summed E-state index contributed by atoms with van der Waals surface area (Å²) in [7, 11) is 0. The van der Waals surface area contributed by atoms with Gasteiger partial charge in [0.05, 0.1) is 10.7 Å². The maximum absolute atomic E-state index is 8.68. The highest BCUT2D eigenvalue weighted by molar-refractivity contribution is 6.36. The lowest BCUT2D eigenvalue weighted by atomic mass is 9.86. The van der Waals surface area contributed by atoms with Gasteiger partial charge in [-0.15, -0.1) is 0 Å². The molecule has 0 spiro atoms. The number of rotatable bonds is 6. The van der Waals surface area contributed by atoms with E-state index in [1.54, 1.807) is 12.1 Å². The number of hydrogen-bond donors (Lipinski definition) is 3. The summed E-state index contributed by atoms with van der Waals surface area (Å²) in [6.45, 7) is 4.64. The fourth-order valence-corrected chi connectivity index (χ4v) is 2.12. The van der Waals surface area contributed by atoms with Crippen molar-refractivity contribution in [1.82, 2.24) is 0 Å². The highest BCUT2D eigenvalue weighted by atomic mass is 35.5. The van der Waals surface area contributed by atoms with Crippen LogP contribution in [-0.2, 0) is 0 Å². The van der Waals surface area contributed by atoms with Crippen molar-refractivity contribution in [2.24, 2.45) is 16.3 Å². The summed E-state index contributed by atoms with van der Waals surface area (Å²) in [5.41, 5.74) is 6.16. The fourth-order valence-electron chi connectivity index (χ4n) is 1.65. The van der Waals surface area contributed by atoms with Gasteiger partial charge in [0.25, 0.3) is 0 Å². The first-order chi connectivity index (χ1) is 8.86. The van der Waals surface area contributed by atoms with Crippen LogP contribution >= 0.6 is 23.2 Å². The molecule has 0 aliphatic heterocycles. The Morgan fingerprint density at radius 2 is 2.11 bits per heavy atom. The number of nitrogens with two attached hydrogens (primary N) is 1. The Morgan fingerprint density at radius 1 is 1.42 bits per heavy atom. The minimum absolute atomic E-state index is 0.247. The first-order valence-electron chi connectivity index (χ1n) is 6.04. The topological polar surface area (TPSA) is 70.6 Å². The Morgan fingerprint density at radius 3 is 2.68 bits per heavy atom. The van der Waals surface area contributed by atoms with E-state index in [1.807, 2.05) is 19.9 Å². The zero-order valence-electron chi connectivity index (χ0n) is 11.1. The van der Waals surface area contributed by atoms with Crippen molar-refractivity contribution in [3.8, 4) is 0 Å². The predicted octanol–water partition coefficient (Wildman–Crippen LogP) is 3.96. The molecule has 0 atom stereocenters. The van der Waals surface area contributed by atoms with Gasteiger partial charge in [0.1, 0.15) is 5.84 Å². The Bertz CT molecular complexity index is 461. The number of anilines is 1. The van der Waals surface area contributed by atoms with Gasteiger partial charge in [0, 0.05) is 17.0 Å². The number of nitrogens with one attached hydrogen (secondary N) is 1. The van der Waals surface area contributed by atoms with Crippen molar-refractivity contribution in [3.05, 3.63) is 28.2 Å². The van der Waals surface area contributed by atoms with Gasteiger partial charge in [-0.05, 0) is 31.0 Å². The van der Waals surface area contributed by atoms with E-state index >= 15 is 0 Å². The molecule has 19 heavy (non-hydrogen) atoms. The lowest BCUT2D eigenvalue weighted by molar-refractivity contribution is 0.305. The maximum atomic E-state index is 8.68. The first-order valence-corrected chi connectivity index (χ1v) is 6.79. The van der Waals surface area contributed by atoms with Crippen molar-refractivity contribution < 1.29 is 5.21 Å². The second-order valence-electron chi connectivity index (χ2n) is 5.02. The van der Waals surface area contributed by atoms with Gasteiger partial charge in [-0.1, -0.05) is 42.2 Å². The Balaban J connectivity index is 2.43. The van der Waals surface area contributed by atoms with Crippen LogP contribution in [0.25, 0.3) is 0 Å². The zero-order chi connectivity index (χ0) is 14.5. The zero-order valence-corrected chi connectivity index (χ0v) is 12.6. The first kappa shape index (κ1) is 15.9. The Hall–Kier alpha value is -1.13. The van der Waals surface area contributed by atoms with Crippen LogP contribution in [-0.4, -0.2) is 17.6 Å². The van der Waals surface area contributed by atoms with Gasteiger partial charge in [-0.3, -0.25) is 0 Å². The molecule has 1 rings (SSSR count). The lowest BCUT2D eigenvalue weighted by Gasteiger charge is -2.22. The third kappa shape index (κ3) is 4.80. The van der Waals surface area contributed by atoms with E-state index in [-0.39, 0.29) is 11.3 Å². The van der Waals surface area contributed by atoms with E-state index in [4.69, 9.17) is 34.1 Å². The summed E-state index contributed by atoms with van der Waals surface area (Å²) in [6, 6.07) is 5.33. The molecule has 0 saturated heterocycles. The molecule has 0 fully saturated rings. The van der Waals surface area contributed by atoms with Crippen LogP contribution in [0.2, 0.25) is 10.0 Å². The molecule has 4 N–H and O–H groups in total. The van der Waals surface area contributed by atoms with E-state index in [0.717, 1.165) is 25.1 Å². The van der Waals surface area contributed by atoms with Crippen LogP contribution in [0.5, 0.6) is 0 Å². The van der Waals surface area contributed by atoms with Crippen LogP contribution in [0.1, 0.15) is 26.7 Å².